The Balaban J connectivity index is 1.25. The number of nitrogens with zero attached hydrogens (tertiary/aromatic N) is 3. The molecule has 3 aromatic carbocycles. The van der Waals surface area contributed by atoms with Gasteiger partial charge in [0, 0.05) is 41.2 Å². The maximum absolute atomic E-state index is 13.4. The first-order chi connectivity index (χ1) is 17.9. The molecule has 186 valence electrons. The summed E-state index contributed by atoms with van der Waals surface area (Å²) in [4.78, 5) is 11.6. The number of nitrogens with two attached hydrogens (primary N) is 2. The summed E-state index contributed by atoms with van der Waals surface area (Å²) < 4.78 is 19.2. The van der Waals surface area contributed by atoms with Crippen LogP contribution in [0, 0.1) is 35.4 Å². The summed E-state index contributed by atoms with van der Waals surface area (Å²) in [5.74, 6) is 9.42. The smallest absolute Gasteiger partial charge is 0.162 e. The molecule has 0 bridgehead atoms. The van der Waals surface area contributed by atoms with Crippen LogP contribution in [0.2, 0.25) is 5.02 Å². The van der Waals surface area contributed by atoms with Crippen LogP contribution in [0.4, 0.5) is 15.9 Å². The Morgan fingerprint density at radius 2 is 1.89 bits per heavy atom. The maximum Gasteiger partial charge on any atom is 0.162 e. The van der Waals surface area contributed by atoms with Gasteiger partial charge in [0.2, 0.25) is 0 Å². The van der Waals surface area contributed by atoms with E-state index in [4.69, 9.17) is 32.8 Å². The Bertz CT molecular complexity index is 1590. The van der Waals surface area contributed by atoms with Crippen LogP contribution in [0.1, 0.15) is 11.1 Å². The summed E-state index contributed by atoms with van der Waals surface area (Å²) in [5.41, 5.74) is 15.9. The molecule has 6 nitrogen and oxygen atoms in total. The van der Waals surface area contributed by atoms with E-state index in [-0.39, 0.29) is 12.4 Å². The summed E-state index contributed by atoms with van der Waals surface area (Å²) in [6, 6.07) is 15.2. The van der Waals surface area contributed by atoms with E-state index in [0.29, 0.717) is 67.9 Å². The van der Waals surface area contributed by atoms with Gasteiger partial charge in [0.15, 0.2) is 5.82 Å². The highest BCUT2D eigenvalue weighted by molar-refractivity contribution is 6.32. The number of fused-ring (bicyclic) bond motifs is 2. The predicted octanol–water partition coefficient (Wildman–Crippen LogP) is 4.99. The maximum atomic E-state index is 13.4. The van der Waals surface area contributed by atoms with Crippen LogP contribution < -0.4 is 16.2 Å². The highest BCUT2D eigenvalue weighted by Gasteiger charge is 2.53. The summed E-state index contributed by atoms with van der Waals surface area (Å²) >= 11 is 6.48. The van der Waals surface area contributed by atoms with Crippen molar-refractivity contribution >= 4 is 34.0 Å². The van der Waals surface area contributed by atoms with Gasteiger partial charge in [-0.1, -0.05) is 35.6 Å². The van der Waals surface area contributed by atoms with Crippen molar-refractivity contribution in [2.45, 2.75) is 6.61 Å². The number of aromatic nitrogens is 2. The van der Waals surface area contributed by atoms with Crippen molar-refractivity contribution in [1.29, 1.82) is 0 Å². The second-order valence-electron chi connectivity index (χ2n) is 9.80. The molecule has 1 saturated carbocycles. The summed E-state index contributed by atoms with van der Waals surface area (Å²) in [5, 5.41) is 1.07. The van der Waals surface area contributed by atoms with Gasteiger partial charge < -0.3 is 21.1 Å². The minimum Gasteiger partial charge on any atom is -0.487 e. The van der Waals surface area contributed by atoms with Crippen LogP contribution in [0.3, 0.4) is 0 Å². The second-order valence-corrected chi connectivity index (χ2v) is 10.2. The Kier molecular flexibility index (Phi) is 5.86. The Hall–Kier alpha value is -3.86. The number of hydrogen-bond donors (Lipinski definition) is 2. The van der Waals surface area contributed by atoms with Crippen molar-refractivity contribution in [2.75, 3.05) is 31.6 Å². The molecule has 3 atom stereocenters. The minimum atomic E-state index is -0.313. The molecule has 0 spiro atoms. The minimum absolute atomic E-state index is 0.195. The van der Waals surface area contributed by atoms with Crippen molar-refractivity contribution in [3.05, 3.63) is 76.6 Å². The first-order valence-corrected chi connectivity index (χ1v) is 12.5. The second kappa shape index (κ2) is 9.22. The SMILES string of the molecule is CN1C[C@@H]2C(C#Cc3cc4nc(-c5ccc(OCc6cccc(F)c6)c(Cl)c5)nc(N)c4cc3N)[C@@H]2C1. The van der Waals surface area contributed by atoms with Gasteiger partial charge in [-0.05, 0) is 66.9 Å². The average Bonchev–Trinajstić information content (AvgIpc) is 3.33. The largest absolute Gasteiger partial charge is 0.487 e. The van der Waals surface area contributed by atoms with Gasteiger partial charge in [-0.3, -0.25) is 0 Å². The number of piperidine rings is 1. The van der Waals surface area contributed by atoms with Gasteiger partial charge in [0.1, 0.15) is 24.0 Å². The number of halogens is 2. The highest BCUT2D eigenvalue weighted by atomic mass is 35.5. The summed E-state index contributed by atoms with van der Waals surface area (Å²) in [6.07, 6.45) is 0. The van der Waals surface area contributed by atoms with Gasteiger partial charge in [-0.25, -0.2) is 14.4 Å². The lowest BCUT2D eigenvalue weighted by atomic mass is 10.1. The third-order valence-electron chi connectivity index (χ3n) is 7.12. The zero-order valence-corrected chi connectivity index (χ0v) is 21.0. The van der Waals surface area contributed by atoms with Gasteiger partial charge >= 0.3 is 0 Å². The van der Waals surface area contributed by atoms with E-state index in [1.165, 1.54) is 12.1 Å². The topological polar surface area (TPSA) is 90.3 Å². The van der Waals surface area contributed by atoms with Crippen molar-refractivity contribution in [3.8, 4) is 29.0 Å². The number of benzene rings is 3. The number of hydrogen-bond acceptors (Lipinski definition) is 6. The Morgan fingerprint density at radius 1 is 1.08 bits per heavy atom. The summed E-state index contributed by atoms with van der Waals surface area (Å²) in [7, 11) is 2.15. The number of anilines is 2. The number of ether oxygens (including phenoxy) is 1. The van der Waals surface area contributed by atoms with Crippen LogP contribution in [0.25, 0.3) is 22.3 Å². The molecule has 4 N–H and O–H groups in total. The van der Waals surface area contributed by atoms with Crippen LogP contribution in [-0.2, 0) is 6.61 Å². The molecule has 2 fully saturated rings. The molecule has 6 rings (SSSR count). The van der Waals surface area contributed by atoms with Gasteiger partial charge in [-0.2, -0.15) is 0 Å². The first kappa shape index (κ1) is 23.5. The lowest BCUT2D eigenvalue weighted by Gasteiger charge is -2.11. The van der Waals surface area contributed by atoms with E-state index in [9.17, 15) is 4.39 Å². The Labute approximate surface area is 219 Å². The molecule has 37 heavy (non-hydrogen) atoms. The van der Waals surface area contributed by atoms with E-state index in [1.807, 2.05) is 12.1 Å². The summed E-state index contributed by atoms with van der Waals surface area (Å²) in [6.45, 7) is 2.42. The van der Waals surface area contributed by atoms with Crippen molar-refractivity contribution in [1.82, 2.24) is 14.9 Å². The van der Waals surface area contributed by atoms with Crippen molar-refractivity contribution < 1.29 is 9.13 Å². The molecule has 8 heteroatoms. The van der Waals surface area contributed by atoms with E-state index < -0.39 is 0 Å². The molecule has 1 unspecified atom stereocenters. The van der Waals surface area contributed by atoms with Crippen molar-refractivity contribution in [2.24, 2.45) is 17.8 Å². The van der Waals surface area contributed by atoms with E-state index in [2.05, 4.69) is 28.8 Å². The van der Waals surface area contributed by atoms with E-state index >= 15 is 0 Å². The number of rotatable bonds is 4. The lowest BCUT2D eigenvalue weighted by Crippen LogP contribution is -2.18. The van der Waals surface area contributed by atoms with Gasteiger partial charge in [0.25, 0.3) is 0 Å². The first-order valence-electron chi connectivity index (χ1n) is 12.1. The normalized spacial score (nSPS) is 20.4. The van der Waals surface area contributed by atoms with Crippen LogP contribution in [-0.4, -0.2) is 35.0 Å². The van der Waals surface area contributed by atoms with Crippen molar-refractivity contribution in [3.63, 3.8) is 0 Å². The third kappa shape index (κ3) is 4.66. The fraction of sp³-hybridized carbons (Fsp3) is 0.241. The number of likely N-dealkylation sites (tertiary alicyclic amines) is 1. The molecule has 0 amide bonds. The zero-order valence-electron chi connectivity index (χ0n) is 20.2. The molecule has 1 aliphatic carbocycles. The van der Waals surface area contributed by atoms with E-state index in [0.717, 1.165) is 18.7 Å². The zero-order chi connectivity index (χ0) is 25.7. The monoisotopic (exact) mass is 513 g/mol. The van der Waals surface area contributed by atoms with Crippen LogP contribution in [0.5, 0.6) is 5.75 Å². The fourth-order valence-electron chi connectivity index (χ4n) is 5.11. The highest BCUT2D eigenvalue weighted by Crippen LogP contribution is 2.50. The Morgan fingerprint density at radius 3 is 2.65 bits per heavy atom. The predicted molar refractivity (Wildman–Crippen MR) is 144 cm³/mol. The third-order valence-corrected chi connectivity index (χ3v) is 7.42. The quantitative estimate of drug-likeness (QED) is 0.295. The van der Waals surface area contributed by atoms with E-state index in [1.54, 1.807) is 30.3 Å². The van der Waals surface area contributed by atoms with Crippen LogP contribution in [0.15, 0.2) is 54.6 Å². The molecule has 1 aromatic heterocycles. The molecule has 1 saturated heterocycles. The molecular formula is C29H25ClFN5O. The lowest BCUT2D eigenvalue weighted by molar-refractivity contribution is 0.306. The molecule has 2 heterocycles. The molecule has 2 aliphatic rings. The standard InChI is InChI=1S/C29H25ClFN5O/c1-36-13-22-20(23(22)14-36)7-5-17-11-26-21(12-25(17)32)28(33)35-29(34-26)18-6-8-27(24(30)10-18)37-15-16-3-2-4-19(31)9-16/h2-4,6,8-12,20,22-23H,13-15,32H2,1H3,(H2,33,34,35)/t20?,22-,23+. The number of nitrogen functional groups attached to an aromatic ring is 2. The van der Waals surface area contributed by atoms with Gasteiger partial charge in [-0.15, -0.1) is 0 Å². The molecule has 4 aromatic rings. The van der Waals surface area contributed by atoms with Crippen LogP contribution >= 0.6 is 11.6 Å². The molecule has 1 aliphatic heterocycles. The van der Waals surface area contributed by atoms with Gasteiger partial charge in [0.05, 0.1) is 10.5 Å². The average molecular weight is 514 g/mol. The fourth-order valence-corrected chi connectivity index (χ4v) is 5.35. The molecular weight excluding hydrogens is 489 g/mol. The molecule has 0 radical (unpaired) electrons.